The second-order valence-corrected chi connectivity index (χ2v) is 7.09. The quantitative estimate of drug-likeness (QED) is 0.816. The summed E-state index contributed by atoms with van der Waals surface area (Å²) < 4.78 is 0. The molecule has 23 heavy (non-hydrogen) atoms. The van der Waals surface area contributed by atoms with Crippen LogP contribution in [0.25, 0.3) is 0 Å². The fourth-order valence-corrected chi connectivity index (χ4v) is 4.52. The summed E-state index contributed by atoms with van der Waals surface area (Å²) in [7, 11) is 0. The maximum absolute atomic E-state index is 12.6. The molecule has 1 spiro atoms. The number of aryl methyl sites for hydroxylation is 1. The number of unbranched alkanes of at least 4 members (excludes halogenated alkanes) is 2. The van der Waals surface area contributed by atoms with Gasteiger partial charge in [-0.25, -0.2) is 0 Å². The molecule has 2 unspecified atom stereocenters. The molecule has 2 aliphatic carbocycles. The van der Waals surface area contributed by atoms with E-state index in [1.807, 2.05) is 18.0 Å². The zero-order valence-corrected chi connectivity index (χ0v) is 13.5. The fraction of sp³-hybridized carbons (Fsp3) is 0.556. The van der Waals surface area contributed by atoms with E-state index in [1.54, 1.807) is 6.08 Å². The summed E-state index contributed by atoms with van der Waals surface area (Å²) in [6, 6.07) is 0. The number of likely N-dealkylation sites (tertiary alicyclic amines) is 1. The highest BCUT2D eigenvalue weighted by atomic mass is 16.2. The number of aromatic amines is 1. The number of carbonyl (C=O) groups is 2. The van der Waals surface area contributed by atoms with Gasteiger partial charge in [0.05, 0.1) is 5.69 Å². The van der Waals surface area contributed by atoms with E-state index in [-0.39, 0.29) is 17.1 Å². The SMILES string of the molecule is Cc1c[nH]c2c1C13CC1CN(C(=O)CCCCCN)C3=CC2=O. The Kier molecular flexibility index (Phi) is 3.23. The van der Waals surface area contributed by atoms with Gasteiger partial charge in [0.15, 0.2) is 0 Å². The Balaban J connectivity index is 1.58. The number of allylic oxidation sites excluding steroid dienone is 2. The number of nitrogens with two attached hydrogens (primary N) is 1. The first-order valence-electron chi connectivity index (χ1n) is 8.55. The number of aromatic nitrogens is 1. The highest BCUT2D eigenvalue weighted by Crippen LogP contribution is 2.67. The van der Waals surface area contributed by atoms with Crippen molar-refractivity contribution < 1.29 is 9.59 Å². The van der Waals surface area contributed by atoms with Crippen molar-refractivity contribution in [2.75, 3.05) is 13.1 Å². The van der Waals surface area contributed by atoms with E-state index in [1.165, 1.54) is 0 Å². The largest absolute Gasteiger partial charge is 0.358 e. The van der Waals surface area contributed by atoms with Crippen LogP contribution in [0.4, 0.5) is 0 Å². The molecule has 1 aliphatic heterocycles. The van der Waals surface area contributed by atoms with Gasteiger partial charge < -0.3 is 15.6 Å². The molecule has 0 radical (unpaired) electrons. The summed E-state index contributed by atoms with van der Waals surface area (Å²) in [5.41, 5.74) is 9.39. The normalized spacial score (nSPS) is 27.4. The Labute approximate surface area is 135 Å². The van der Waals surface area contributed by atoms with Gasteiger partial charge in [0.2, 0.25) is 11.7 Å². The van der Waals surface area contributed by atoms with E-state index in [0.29, 0.717) is 18.9 Å². The highest BCUT2D eigenvalue weighted by Gasteiger charge is 2.67. The molecule has 5 nitrogen and oxygen atoms in total. The predicted molar refractivity (Wildman–Crippen MR) is 87.0 cm³/mol. The lowest BCUT2D eigenvalue weighted by Crippen LogP contribution is -2.33. The first kappa shape index (κ1) is 14.7. The van der Waals surface area contributed by atoms with Crippen molar-refractivity contribution >= 4 is 11.7 Å². The number of nitrogens with zero attached hydrogens (tertiary/aromatic N) is 1. The van der Waals surface area contributed by atoms with Gasteiger partial charge in [0.1, 0.15) is 0 Å². The molecule has 4 rings (SSSR count). The van der Waals surface area contributed by atoms with Crippen LogP contribution in [0.15, 0.2) is 18.0 Å². The molecule has 1 aromatic heterocycles. The van der Waals surface area contributed by atoms with Crippen molar-refractivity contribution in [3.63, 3.8) is 0 Å². The van der Waals surface area contributed by atoms with Crippen LogP contribution in [-0.4, -0.2) is 34.7 Å². The van der Waals surface area contributed by atoms with Crippen LogP contribution in [-0.2, 0) is 10.2 Å². The number of hydrogen-bond acceptors (Lipinski definition) is 3. The van der Waals surface area contributed by atoms with Crippen molar-refractivity contribution in [3.8, 4) is 0 Å². The smallest absolute Gasteiger partial charge is 0.226 e. The Bertz CT molecular complexity index is 718. The molecule has 2 fully saturated rings. The number of hydrogen-bond donors (Lipinski definition) is 2. The number of H-pyrrole nitrogens is 1. The summed E-state index contributed by atoms with van der Waals surface area (Å²) >= 11 is 0. The number of piperidine rings is 1. The minimum atomic E-state index is -0.0692. The first-order chi connectivity index (χ1) is 11.1. The molecular weight excluding hydrogens is 290 g/mol. The maximum atomic E-state index is 12.6. The van der Waals surface area contributed by atoms with Crippen LogP contribution in [0, 0.1) is 12.8 Å². The lowest BCUT2D eigenvalue weighted by molar-refractivity contribution is -0.129. The monoisotopic (exact) mass is 313 g/mol. The molecule has 122 valence electrons. The average molecular weight is 313 g/mol. The van der Waals surface area contributed by atoms with Crippen molar-refractivity contribution in [2.24, 2.45) is 11.7 Å². The number of ketones is 1. The molecule has 3 N–H and O–H groups in total. The van der Waals surface area contributed by atoms with Gasteiger partial charge in [-0.15, -0.1) is 0 Å². The second kappa shape index (κ2) is 5.06. The molecule has 1 saturated heterocycles. The van der Waals surface area contributed by atoms with E-state index < -0.39 is 0 Å². The van der Waals surface area contributed by atoms with E-state index in [2.05, 4.69) is 4.98 Å². The van der Waals surface area contributed by atoms with E-state index in [9.17, 15) is 9.59 Å². The fourth-order valence-electron chi connectivity index (χ4n) is 4.52. The molecule has 3 aliphatic rings. The predicted octanol–water partition coefficient (Wildman–Crippen LogP) is 2.02. The molecule has 2 atom stereocenters. The van der Waals surface area contributed by atoms with Gasteiger partial charge in [-0.2, -0.15) is 0 Å². The number of fused-ring (bicyclic) bond motifs is 1. The van der Waals surface area contributed by atoms with E-state index in [0.717, 1.165) is 54.7 Å². The molecule has 0 aromatic carbocycles. The molecule has 0 bridgehead atoms. The number of nitrogens with one attached hydrogen (secondary N) is 1. The molecule has 1 saturated carbocycles. The van der Waals surface area contributed by atoms with Crippen molar-refractivity contribution in [1.82, 2.24) is 9.88 Å². The highest BCUT2D eigenvalue weighted by molar-refractivity contribution is 6.08. The van der Waals surface area contributed by atoms with Crippen LogP contribution in [0.5, 0.6) is 0 Å². The van der Waals surface area contributed by atoms with Gasteiger partial charge in [-0.1, -0.05) is 6.42 Å². The van der Waals surface area contributed by atoms with Gasteiger partial charge in [-0.05, 0) is 49.8 Å². The zero-order valence-electron chi connectivity index (χ0n) is 13.5. The molecule has 1 aromatic rings. The van der Waals surface area contributed by atoms with E-state index >= 15 is 0 Å². The third kappa shape index (κ3) is 1.96. The zero-order chi connectivity index (χ0) is 16.2. The van der Waals surface area contributed by atoms with Crippen LogP contribution in [0.3, 0.4) is 0 Å². The Morgan fingerprint density at radius 3 is 3.04 bits per heavy atom. The Hall–Kier alpha value is -1.88. The summed E-state index contributed by atoms with van der Waals surface area (Å²) in [6.45, 7) is 3.49. The van der Waals surface area contributed by atoms with Crippen LogP contribution >= 0.6 is 0 Å². The lowest BCUT2D eigenvalue weighted by atomic mass is 9.83. The average Bonchev–Trinajstić information content (AvgIpc) is 2.93. The molecule has 1 amide bonds. The second-order valence-electron chi connectivity index (χ2n) is 7.09. The number of amides is 1. The third-order valence-corrected chi connectivity index (χ3v) is 5.69. The molecular formula is C18H23N3O2. The summed E-state index contributed by atoms with van der Waals surface area (Å²) in [5, 5.41) is 0. The standard InChI is InChI=1S/C18H23N3O2/c1-11-9-20-17-13(22)7-14-18(16(11)17)8-12(18)10-21(14)15(23)5-3-2-4-6-19/h7,9,12,20H,2-6,8,10,19H2,1H3. The van der Waals surface area contributed by atoms with Gasteiger partial charge >= 0.3 is 0 Å². The van der Waals surface area contributed by atoms with Crippen LogP contribution in [0.1, 0.15) is 53.7 Å². The molecule has 5 heteroatoms. The van der Waals surface area contributed by atoms with Crippen LogP contribution < -0.4 is 5.73 Å². The summed E-state index contributed by atoms with van der Waals surface area (Å²) in [6.07, 6.45) is 8.06. The topological polar surface area (TPSA) is 79.2 Å². The van der Waals surface area contributed by atoms with Gasteiger partial charge in [-0.3, -0.25) is 9.59 Å². The van der Waals surface area contributed by atoms with E-state index in [4.69, 9.17) is 5.73 Å². The minimum absolute atomic E-state index is 0.00204. The summed E-state index contributed by atoms with van der Waals surface area (Å²) in [4.78, 5) is 30.0. The number of rotatable bonds is 5. The van der Waals surface area contributed by atoms with Gasteiger partial charge in [0.25, 0.3) is 0 Å². The third-order valence-electron chi connectivity index (χ3n) is 5.69. The van der Waals surface area contributed by atoms with Crippen molar-refractivity contribution in [1.29, 1.82) is 0 Å². The van der Waals surface area contributed by atoms with Crippen molar-refractivity contribution in [2.45, 2.75) is 44.4 Å². The van der Waals surface area contributed by atoms with Crippen molar-refractivity contribution in [3.05, 3.63) is 34.8 Å². The lowest BCUT2D eigenvalue weighted by Gasteiger charge is -2.28. The number of carbonyl (C=O) groups excluding carboxylic acids is 2. The summed E-state index contributed by atoms with van der Waals surface area (Å²) in [5.74, 6) is 0.634. The Morgan fingerprint density at radius 2 is 2.26 bits per heavy atom. The van der Waals surface area contributed by atoms with Crippen LogP contribution in [0.2, 0.25) is 0 Å². The molecule has 2 heterocycles. The Morgan fingerprint density at radius 1 is 1.43 bits per heavy atom. The first-order valence-corrected chi connectivity index (χ1v) is 8.55. The minimum Gasteiger partial charge on any atom is -0.358 e. The van der Waals surface area contributed by atoms with Gasteiger partial charge in [0, 0.05) is 36.4 Å². The maximum Gasteiger partial charge on any atom is 0.226 e.